The smallest absolute Gasteiger partial charge is 0.295 e. The number of methoxy groups -OCH3 is 6. The van der Waals surface area contributed by atoms with Crippen LogP contribution in [0.1, 0.15) is 60.0 Å². The van der Waals surface area contributed by atoms with E-state index in [0.29, 0.717) is 48.9 Å². The standard InChI is InChI=1S/C40H50N2O9/c1-46-32-20-28(21-33(47-2)37(32)50-5)17-11-16-27(15-10-14-26-12-8-7-9-13-26)24-41-25-30-18-19-31(39(41)44)42(30)40(45)36(43)29-22-34(48-3)38(51-6)35(23-29)49-4/h7-9,12-13,20-23,27,30-31H,10-11,14-19,24-25H2,1-6H3. The van der Waals surface area contributed by atoms with Gasteiger partial charge in [0.1, 0.15) is 6.04 Å². The van der Waals surface area contributed by atoms with E-state index in [9.17, 15) is 14.4 Å². The van der Waals surface area contributed by atoms with Crippen molar-refractivity contribution in [2.24, 2.45) is 5.92 Å². The molecule has 2 fully saturated rings. The Morgan fingerprint density at radius 2 is 1.24 bits per heavy atom. The Morgan fingerprint density at radius 3 is 1.76 bits per heavy atom. The maximum atomic E-state index is 14.0. The first-order valence-corrected chi connectivity index (χ1v) is 17.5. The number of piperazine rings is 1. The van der Waals surface area contributed by atoms with Crippen molar-refractivity contribution in [1.29, 1.82) is 0 Å². The van der Waals surface area contributed by atoms with Gasteiger partial charge in [-0.3, -0.25) is 14.4 Å². The summed E-state index contributed by atoms with van der Waals surface area (Å²) in [5.74, 6) is 1.49. The summed E-state index contributed by atoms with van der Waals surface area (Å²) in [5, 5.41) is 0. The molecule has 11 heteroatoms. The average molecular weight is 703 g/mol. The lowest BCUT2D eigenvalue weighted by Gasteiger charge is -2.41. The molecule has 2 aliphatic rings. The highest BCUT2D eigenvalue weighted by Crippen LogP contribution is 2.40. The minimum Gasteiger partial charge on any atom is -0.493 e. The quantitative estimate of drug-likeness (QED) is 0.120. The fourth-order valence-corrected chi connectivity index (χ4v) is 7.54. The topological polar surface area (TPSA) is 113 Å². The summed E-state index contributed by atoms with van der Waals surface area (Å²) in [5.41, 5.74) is 2.51. The number of amides is 2. The van der Waals surface area contributed by atoms with Crippen LogP contribution in [0.4, 0.5) is 0 Å². The number of carbonyl (C=O) groups excluding carboxylic acids is 3. The van der Waals surface area contributed by atoms with E-state index in [2.05, 4.69) is 24.3 Å². The maximum absolute atomic E-state index is 14.0. The summed E-state index contributed by atoms with van der Waals surface area (Å²) in [7, 11) is 9.20. The number of rotatable bonds is 18. The third-order valence-corrected chi connectivity index (χ3v) is 10.1. The van der Waals surface area contributed by atoms with Gasteiger partial charge in [0.2, 0.25) is 17.4 Å². The molecule has 0 spiro atoms. The Hall–Kier alpha value is -4.93. The Balaban J connectivity index is 1.28. The monoisotopic (exact) mass is 702 g/mol. The molecule has 3 aromatic carbocycles. The fraction of sp³-hybridized carbons (Fsp3) is 0.475. The minimum absolute atomic E-state index is 0.0903. The van der Waals surface area contributed by atoms with Gasteiger partial charge in [-0.05, 0) is 92.7 Å². The normalized spacial score (nSPS) is 17.2. The van der Waals surface area contributed by atoms with E-state index in [0.717, 1.165) is 44.1 Å². The van der Waals surface area contributed by atoms with Crippen molar-refractivity contribution in [1.82, 2.24) is 9.80 Å². The van der Waals surface area contributed by atoms with Crippen molar-refractivity contribution in [3.8, 4) is 34.5 Å². The number of ketones is 1. The predicted octanol–water partition coefficient (Wildman–Crippen LogP) is 5.78. The van der Waals surface area contributed by atoms with Crippen molar-refractivity contribution in [2.75, 3.05) is 55.7 Å². The number of ether oxygens (including phenoxy) is 6. The Kier molecular flexibility index (Phi) is 12.7. The number of benzene rings is 3. The van der Waals surface area contributed by atoms with Crippen LogP contribution < -0.4 is 28.4 Å². The highest BCUT2D eigenvalue weighted by Gasteiger charge is 2.49. The second kappa shape index (κ2) is 17.3. The number of carbonyl (C=O) groups is 3. The van der Waals surface area contributed by atoms with Crippen molar-refractivity contribution in [3.63, 3.8) is 0 Å². The van der Waals surface area contributed by atoms with E-state index in [1.807, 2.05) is 23.1 Å². The van der Waals surface area contributed by atoms with Crippen LogP contribution in [0.5, 0.6) is 34.5 Å². The van der Waals surface area contributed by atoms with Crippen LogP contribution in [0.25, 0.3) is 0 Å². The first-order chi connectivity index (χ1) is 24.8. The largest absolute Gasteiger partial charge is 0.493 e. The molecule has 0 aliphatic carbocycles. The molecule has 2 aliphatic heterocycles. The summed E-state index contributed by atoms with van der Waals surface area (Å²) in [6.45, 7) is 1.02. The van der Waals surface area contributed by atoms with Crippen LogP contribution in [0, 0.1) is 5.92 Å². The summed E-state index contributed by atoms with van der Waals surface area (Å²) in [4.78, 5) is 44.7. The van der Waals surface area contributed by atoms with Gasteiger partial charge in [0.25, 0.3) is 11.7 Å². The molecular formula is C40H50N2O9. The third kappa shape index (κ3) is 8.35. The van der Waals surface area contributed by atoms with Crippen LogP contribution in [0.2, 0.25) is 0 Å². The molecule has 0 saturated carbocycles. The number of hydrogen-bond donors (Lipinski definition) is 0. The lowest BCUT2D eigenvalue weighted by atomic mass is 9.92. The molecule has 2 heterocycles. The van der Waals surface area contributed by atoms with Gasteiger partial charge < -0.3 is 38.2 Å². The lowest BCUT2D eigenvalue weighted by molar-refractivity contribution is -0.149. The van der Waals surface area contributed by atoms with Crippen LogP contribution >= 0.6 is 0 Å². The first kappa shape index (κ1) is 37.3. The van der Waals surface area contributed by atoms with E-state index >= 15 is 0 Å². The zero-order valence-electron chi connectivity index (χ0n) is 30.6. The first-order valence-electron chi connectivity index (χ1n) is 17.5. The summed E-state index contributed by atoms with van der Waals surface area (Å²) in [6.07, 6.45) is 6.79. The van der Waals surface area contributed by atoms with E-state index in [4.69, 9.17) is 28.4 Å². The van der Waals surface area contributed by atoms with Crippen molar-refractivity contribution < 1.29 is 42.8 Å². The van der Waals surface area contributed by atoms with E-state index in [1.165, 1.54) is 43.9 Å². The molecule has 2 bridgehead atoms. The molecule has 0 aromatic heterocycles. The molecule has 3 aromatic rings. The molecule has 11 nitrogen and oxygen atoms in total. The number of Topliss-reactive ketones (excluding diaryl/α,β-unsaturated/α-hetero) is 1. The molecular weight excluding hydrogens is 652 g/mol. The number of likely N-dealkylation sites (tertiary alicyclic amines) is 1. The fourth-order valence-electron chi connectivity index (χ4n) is 7.54. The lowest BCUT2D eigenvalue weighted by Crippen LogP contribution is -2.60. The number of aryl methyl sites for hydroxylation is 2. The molecule has 5 rings (SSSR count). The van der Waals surface area contributed by atoms with Crippen molar-refractivity contribution >= 4 is 17.6 Å². The Bertz CT molecular complexity index is 1630. The van der Waals surface area contributed by atoms with Gasteiger partial charge in [0, 0.05) is 18.7 Å². The highest BCUT2D eigenvalue weighted by atomic mass is 16.5. The molecule has 0 N–H and O–H groups in total. The number of fused-ring (bicyclic) bond motifs is 2. The second-order valence-electron chi connectivity index (χ2n) is 13.1. The predicted molar refractivity (Wildman–Crippen MR) is 193 cm³/mol. The SMILES string of the molecule is COc1cc(CCCC(CCCc2ccccc2)CN2CC3CCC(C2=O)N3C(=O)C(=O)c2cc(OC)c(OC)c(OC)c2)cc(OC)c1OC. The second-order valence-corrected chi connectivity index (χ2v) is 13.1. The van der Waals surface area contributed by atoms with Gasteiger partial charge in [-0.25, -0.2) is 0 Å². The highest BCUT2D eigenvalue weighted by molar-refractivity contribution is 6.43. The minimum atomic E-state index is -0.710. The number of hydrogen-bond acceptors (Lipinski definition) is 9. The molecule has 274 valence electrons. The van der Waals surface area contributed by atoms with Gasteiger partial charge in [-0.1, -0.05) is 30.3 Å². The Morgan fingerprint density at radius 1 is 0.706 bits per heavy atom. The molecule has 2 amide bonds. The third-order valence-electron chi connectivity index (χ3n) is 10.1. The molecule has 3 atom stereocenters. The average Bonchev–Trinajstić information content (AvgIpc) is 3.51. The maximum Gasteiger partial charge on any atom is 0.295 e. The van der Waals surface area contributed by atoms with Crippen molar-refractivity contribution in [3.05, 3.63) is 71.3 Å². The molecule has 51 heavy (non-hydrogen) atoms. The van der Waals surface area contributed by atoms with E-state index in [-0.39, 0.29) is 34.9 Å². The zero-order chi connectivity index (χ0) is 36.5. The molecule has 2 saturated heterocycles. The van der Waals surface area contributed by atoms with Crippen LogP contribution in [-0.2, 0) is 22.4 Å². The molecule has 0 radical (unpaired) electrons. The summed E-state index contributed by atoms with van der Waals surface area (Å²) in [6, 6.07) is 16.5. The molecule has 3 unspecified atom stereocenters. The van der Waals surface area contributed by atoms with Crippen LogP contribution in [0.3, 0.4) is 0 Å². The van der Waals surface area contributed by atoms with Gasteiger partial charge in [0.15, 0.2) is 23.0 Å². The van der Waals surface area contributed by atoms with Gasteiger partial charge >= 0.3 is 0 Å². The van der Waals surface area contributed by atoms with Crippen LogP contribution in [-0.4, -0.2) is 95.2 Å². The Labute approximate surface area is 300 Å². The zero-order valence-corrected chi connectivity index (χ0v) is 30.6. The van der Waals surface area contributed by atoms with Crippen LogP contribution in [0.15, 0.2) is 54.6 Å². The van der Waals surface area contributed by atoms with Gasteiger partial charge in [0.05, 0.1) is 48.7 Å². The van der Waals surface area contributed by atoms with E-state index in [1.54, 1.807) is 21.3 Å². The van der Waals surface area contributed by atoms with E-state index < -0.39 is 17.7 Å². The number of nitrogens with zero attached hydrogens (tertiary/aromatic N) is 2. The summed E-state index contributed by atoms with van der Waals surface area (Å²) < 4.78 is 32.8. The van der Waals surface area contributed by atoms with Crippen molar-refractivity contribution in [2.45, 2.75) is 63.5 Å². The van der Waals surface area contributed by atoms with Gasteiger partial charge in [-0.2, -0.15) is 0 Å². The van der Waals surface area contributed by atoms with Gasteiger partial charge in [-0.15, -0.1) is 0 Å². The summed E-state index contributed by atoms with van der Waals surface area (Å²) >= 11 is 0.